The third-order valence-electron chi connectivity index (χ3n) is 5.36. The van der Waals surface area contributed by atoms with E-state index in [9.17, 15) is 4.79 Å². The minimum Gasteiger partial charge on any atom is -0.335 e. The summed E-state index contributed by atoms with van der Waals surface area (Å²) in [6.07, 6.45) is 2.98. The van der Waals surface area contributed by atoms with Gasteiger partial charge in [-0.3, -0.25) is 9.48 Å². The lowest BCUT2D eigenvalue weighted by molar-refractivity contribution is -0.131. The van der Waals surface area contributed by atoms with E-state index >= 15 is 0 Å². The molecule has 0 radical (unpaired) electrons. The molecule has 4 nitrogen and oxygen atoms in total. The van der Waals surface area contributed by atoms with Crippen molar-refractivity contribution < 1.29 is 4.79 Å². The van der Waals surface area contributed by atoms with Crippen LogP contribution >= 0.6 is 11.8 Å². The Hall–Kier alpha value is -1.75. The zero-order valence-corrected chi connectivity index (χ0v) is 15.3. The molecule has 5 heteroatoms. The van der Waals surface area contributed by atoms with E-state index in [0.717, 1.165) is 31.5 Å². The molecule has 2 aromatic rings. The van der Waals surface area contributed by atoms with E-state index in [1.807, 2.05) is 11.7 Å². The summed E-state index contributed by atoms with van der Waals surface area (Å²) in [4.78, 5) is 16.6. The summed E-state index contributed by atoms with van der Waals surface area (Å²) in [5.74, 6) is 0.293. The van der Waals surface area contributed by atoms with Gasteiger partial charge >= 0.3 is 0 Å². The first-order valence-corrected chi connectivity index (χ1v) is 9.49. The zero-order valence-electron chi connectivity index (χ0n) is 14.5. The molecule has 1 amide bonds. The molecule has 3 heterocycles. The van der Waals surface area contributed by atoms with Crippen LogP contribution in [0.25, 0.3) is 0 Å². The minimum atomic E-state index is 0.0280. The van der Waals surface area contributed by atoms with Crippen LogP contribution in [-0.2, 0) is 18.3 Å². The first-order valence-electron chi connectivity index (χ1n) is 8.61. The van der Waals surface area contributed by atoms with Gasteiger partial charge < -0.3 is 4.90 Å². The van der Waals surface area contributed by atoms with Crippen LogP contribution in [0.2, 0.25) is 0 Å². The highest BCUT2D eigenvalue weighted by Crippen LogP contribution is 2.41. The van der Waals surface area contributed by atoms with Gasteiger partial charge in [0.2, 0.25) is 5.91 Å². The predicted octanol–water partition coefficient (Wildman–Crippen LogP) is 3.42. The average Bonchev–Trinajstić information content (AvgIpc) is 3.25. The molecule has 126 valence electrons. The summed E-state index contributed by atoms with van der Waals surface area (Å²) in [6, 6.07) is 8.58. The number of thioether (sulfide) groups is 1. The smallest absolute Gasteiger partial charge is 0.236 e. The van der Waals surface area contributed by atoms with Gasteiger partial charge in [0.05, 0.1) is 17.0 Å². The number of hydrogen-bond donors (Lipinski definition) is 0. The maximum absolute atomic E-state index is 13.2. The third kappa shape index (κ3) is 2.46. The number of rotatable bonds is 2. The standard InChI is InChI=1S/C19H23N3OS/c1-12-18(13(2)21(3)20-12)15-8-6-10-22(15)19(23)17-11-14-7-4-5-9-16(14)24-17/h4-5,7,9,15,17H,6,8,10-11H2,1-3H3/t15-,17-/m0/s1. The summed E-state index contributed by atoms with van der Waals surface area (Å²) < 4.78 is 1.94. The Balaban J connectivity index is 1.59. The van der Waals surface area contributed by atoms with Gasteiger partial charge in [0, 0.05) is 29.7 Å². The summed E-state index contributed by atoms with van der Waals surface area (Å²) in [6.45, 7) is 5.03. The SMILES string of the molecule is Cc1nn(C)c(C)c1[C@@H]1CCCN1C(=O)[C@@H]1Cc2ccccc2S1. The third-order valence-corrected chi connectivity index (χ3v) is 6.66. The van der Waals surface area contributed by atoms with E-state index in [4.69, 9.17) is 0 Å². The van der Waals surface area contributed by atoms with Crippen molar-refractivity contribution in [2.24, 2.45) is 7.05 Å². The molecule has 1 aromatic heterocycles. The molecule has 2 aliphatic heterocycles. The summed E-state index contributed by atoms with van der Waals surface area (Å²) in [5, 5.41) is 4.58. The van der Waals surface area contributed by atoms with Crippen LogP contribution in [0.3, 0.4) is 0 Å². The van der Waals surface area contributed by atoms with Crippen LogP contribution in [0.1, 0.15) is 41.4 Å². The second-order valence-electron chi connectivity index (χ2n) is 6.82. The Kier molecular flexibility index (Phi) is 3.91. The van der Waals surface area contributed by atoms with Crippen molar-refractivity contribution in [3.8, 4) is 0 Å². The fourth-order valence-electron chi connectivity index (χ4n) is 4.11. The maximum Gasteiger partial charge on any atom is 0.236 e. The highest BCUT2D eigenvalue weighted by molar-refractivity contribution is 8.01. The van der Waals surface area contributed by atoms with Crippen molar-refractivity contribution in [1.82, 2.24) is 14.7 Å². The lowest BCUT2D eigenvalue weighted by Crippen LogP contribution is -2.37. The topological polar surface area (TPSA) is 38.1 Å². The Morgan fingerprint density at radius 2 is 2.08 bits per heavy atom. The molecule has 1 fully saturated rings. The molecule has 2 atom stereocenters. The second-order valence-corrected chi connectivity index (χ2v) is 8.06. The molecule has 1 aromatic carbocycles. The summed E-state index contributed by atoms with van der Waals surface area (Å²) in [7, 11) is 1.98. The average molecular weight is 341 g/mol. The van der Waals surface area contributed by atoms with Crippen LogP contribution in [0.5, 0.6) is 0 Å². The number of fused-ring (bicyclic) bond motifs is 1. The molecular weight excluding hydrogens is 318 g/mol. The van der Waals surface area contributed by atoms with Gasteiger partial charge in [-0.25, -0.2) is 0 Å². The number of amides is 1. The Bertz CT molecular complexity index is 773. The van der Waals surface area contributed by atoms with Crippen molar-refractivity contribution in [3.05, 3.63) is 46.8 Å². The Morgan fingerprint density at radius 3 is 2.79 bits per heavy atom. The van der Waals surface area contributed by atoms with Crippen LogP contribution in [-0.4, -0.2) is 32.4 Å². The molecular formula is C19H23N3OS. The fraction of sp³-hybridized carbons (Fsp3) is 0.474. The van der Waals surface area contributed by atoms with Crippen molar-refractivity contribution in [2.75, 3.05) is 6.54 Å². The van der Waals surface area contributed by atoms with Gasteiger partial charge in [-0.2, -0.15) is 5.10 Å². The van der Waals surface area contributed by atoms with Gasteiger partial charge in [-0.05, 0) is 44.7 Å². The largest absolute Gasteiger partial charge is 0.335 e. The van der Waals surface area contributed by atoms with Crippen LogP contribution < -0.4 is 0 Å². The van der Waals surface area contributed by atoms with E-state index in [1.54, 1.807) is 11.8 Å². The number of aromatic nitrogens is 2. The number of likely N-dealkylation sites (tertiary alicyclic amines) is 1. The van der Waals surface area contributed by atoms with Gasteiger partial charge in [0.25, 0.3) is 0 Å². The number of hydrogen-bond acceptors (Lipinski definition) is 3. The van der Waals surface area contributed by atoms with Gasteiger partial charge in [-0.15, -0.1) is 11.8 Å². The highest BCUT2D eigenvalue weighted by Gasteiger charge is 2.38. The molecule has 0 spiro atoms. The molecule has 24 heavy (non-hydrogen) atoms. The van der Waals surface area contributed by atoms with Crippen LogP contribution in [0.15, 0.2) is 29.2 Å². The normalized spacial score (nSPS) is 22.9. The van der Waals surface area contributed by atoms with Gasteiger partial charge in [0.15, 0.2) is 0 Å². The lowest BCUT2D eigenvalue weighted by atomic mass is 10.0. The number of aryl methyl sites for hydroxylation is 2. The molecule has 0 bridgehead atoms. The van der Waals surface area contributed by atoms with Gasteiger partial charge in [0.1, 0.15) is 0 Å². The van der Waals surface area contributed by atoms with Crippen molar-refractivity contribution in [2.45, 2.75) is 49.3 Å². The summed E-state index contributed by atoms with van der Waals surface area (Å²) in [5.41, 5.74) is 4.80. The van der Waals surface area contributed by atoms with Crippen LogP contribution in [0, 0.1) is 13.8 Å². The molecule has 0 saturated carbocycles. The fourth-order valence-corrected chi connectivity index (χ4v) is 5.37. The maximum atomic E-state index is 13.2. The molecule has 0 aliphatic carbocycles. The number of benzene rings is 1. The quantitative estimate of drug-likeness (QED) is 0.840. The van der Waals surface area contributed by atoms with E-state index in [1.165, 1.54) is 21.7 Å². The second kappa shape index (κ2) is 5.96. The predicted molar refractivity (Wildman–Crippen MR) is 96.2 cm³/mol. The Labute approximate surface area is 147 Å². The van der Waals surface area contributed by atoms with Crippen molar-refractivity contribution in [3.63, 3.8) is 0 Å². The number of carbonyl (C=O) groups excluding carboxylic acids is 1. The Morgan fingerprint density at radius 1 is 1.29 bits per heavy atom. The molecule has 4 rings (SSSR count). The van der Waals surface area contributed by atoms with E-state index in [2.05, 4.69) is 48.1 Å². The van der Waals surface area contributed by atoms with E-state index < -0.39 is 0 Å². The van der Waals surface area contributed by atoms with E-state index in [0.29, 0.717) is 5.91 Å². The highest BCUT2D eigenvalue weighted by atomic mass is 32.2. The van der Waals surface area contributed by atoms with E-state index in [-0.39, 0.29) is 11.3 Å². The van der Waals surface area contributed by atoms with Crippen molar-refractivity contribution >= 4 is 17.7 Å². The van der Waals surface area contributed by atoms with Gasteiger partial charge in [-0.1, -0.05) is 18.2 Å². The van der Waals surface area contributed by atoms with Crippen molar-refractivity contribution in [1.29, 1.82) is 0 Å². The first kappa shape index (κ1) is 15.8. The first-order chi connectivity index (χ1) is 11.6. The number of nitrogens with zero attached hydrogens (tertiary/aromatic N) is 3. The monoisotopic (exact) mass is 341 g/mol. The molecule has 0 N–H and O–H groups in total. The molecule has 0 unspecified atom stereocenters. The lowest BCUT2D eigenvalue weighted by Gasteiger charge is -2.27. The van der Waals surface area contributed by atoms with Crippen LogP contribution in [0.4, 0.5) is 0 Å². The number of carbonyl (C=O) groups is 1. The molecule has 1 saturated heterocycles. The minimum absolute atomic E-state index is 0.0280. The zero-order chi connectivity index (χ0) is 16.8. The molecule has 2 aliphatic rings. The summed E-state index contributed by atoms with van der Waals surface area (Å²) >= 11 is 1.73.